The van der Waals surface area contributed by atoms with Crippen molar-refractivity contribution in [1.29, 1.82) is 0 Å². The smallest absolute Gasteiger partial charge is 0.308 e. The number of aromatic nitrogens is 4. The van der Waals surface area contributed by atoms with Crippen molar-refractivity contribution in [1.82, 2.24) is 19.1 Å². The van der Waals surface area contributed by atoms with Gasteiger partial charge in [-0.15, -0.1) is 0 Å². The third-order valence-electron chi connectivity index (χ3n) is 9.25. The molecular weight excluding hydrogens is 780 g/mol. The number of hydrogen-bond donors (Lipinski definition) is 1. The van der Waals surface area contributed by atoms with Gasteiger partial charge in [-0.25, -0.2) is 9.97 Å². The van der Waals surface area contributed by atoms with Crippen LogP contribution < -0.4 is 25.3 Å². The van der Waals surface area contributed by atoms with Crippen LogP contribution in [0.15, 0.2) is 149 Å². The SMILES string of the molecule is COc1cccc(/C=C/c2nc3ccccc3c(=O)n2-c2ccc(Cl)cc2)c1O.COc1cccc(/C=C/c2nc3ccccc3c(=O)n2-c2ccccc2)c1OC(C)=O. The number of aromatic hydroxyl groups is 1. The zero-order valence-corrected chi connectivity index (χ0v) is 33.4. The van der Waals surface area contributed by atoms with Gasteiger partial charge in [-0.3, -0.25) is 23.5 Å². The number of halogens is 1. The molecule has 0 saturated carbocycles. The van der Waals surface area contributed by atoms with Gasteiger partial charge in [-0.05, 0) is 97.1 Å². The fourth-order valence-corrected chi connectivity index (χ4v) is 6.56. The summed E-state index contributed by atoms with van der Waals surface area (Å²) in [7, 11) is 3.00. The first kappa shape index (κ1) is 40.4. The Morgan fingerprint density at radius 2 is 1.07 bits per heavy atom. The Morgan fingerprint density at radius 3 is 1.62 bits per heavy atom. The summed E-state index contributed by atoms with van der Waals surface area (Å²) in [4.78, 5) is 47.4. The van der Waals surface area contributed by atoms with Gasteiger partial charge in [0.2, 0.25) is 0 Å². The first-order valence-corrected chi connectivity index (χ1v) is 19.0. The highest BCUT2D eigenvalue weighted by atomic mass is 35.5. The van der Waals surface area contributed by atoms with Crippen molar-refractivity contribution >= 4 is 63.7 Å². The van der Waals surface area contributed by atoms with E-state index in [2.05, 4.69) is 4.98 Å². The summed E-state index contributed by atoms with van der Waals surface area (Å²) in [5, 5.41) is 12.0. The molecule has 0 radical (unpaired) electrons. The highest BCUT2D eigenvalue weighted by molar-refractivity contribution is 6.30. The Bertz CT molecular complexity index is 3030. The van der Waals surface area contributed by atoms with E-state index >= 15 is 0 Å². The fraction of sp³-hybridized carbons (Fsp3) is 0.0625. The Kier molecular flexibility index (Phi) is 12.3. The van der Waals surface area contributed by atoms with Crippen molar-refractivity contribution in [2.75, 3.05) is 14.2 Å². The molecule has 0 aliphatic rings. The maximum atomic E-state index is 13.3. The Hall–Kier alpha value is -7.76. The second kappa shape index (κ2) is 18.2. The van der Waals surface area contributed by atoms with Crippen molar-refractivity contribution in [2.45, 2.75) is 6.92 Å². The number of carbonyl (C=O) groups is 1. The third-order valence-corrected chi connectivity index (χ3v) is 9.50. The Balaban J connectivity index is 0.000000182. The van der Waals surface area contributed by atoms with Gasteiger partial charge >= 0.3 is 5.97 Å². The van der Waals surface area contributed by atoms with Crippen molar-refractivity contribution in [3.8, 4) is 34.4 Å². The number of benzene rings is 6. The van der Waals surface area contributed by atoms with Crippen LogP contribution in [-0.2, 0) is 4.79 Å². The van der Waals surface area contributed by atoms with Crippen LogP contribution in [0, 0.1) is 0 Å². The summed E-state index contributed by atoms with van der Waals surface area (Å²) in [6.45, 7) is 1.33. The number of carbonyl (C=O) groups excluding carboxylic acids is 1. The van der Waals surface area contributed by atoms with E-state index in [1.807, 2.05) is 48.5 Å². The lowest BCUT2D eigenvalue weighted by molar-refractivity contribution is -0.132. The second-order valence-electron chi connectivity index (χ2n) is 13.1. The molecule has 0 bridgehead atoms. The summed E-state index contributed by atoms with van der Waals surface area (Å²) in [6, 6.07) is 41.2. The molecule has 2 aromatic heterocycles. The van der Waals surface area contributed by atoms with Crippen molar-refractivity contribution < 1.29 is 24.1 Å². The number of hydrogen-bond acceptors (Lipinski definition) is 9. The zero-order chi connectivity index (χ0) is 42.2. The minimum Gasteiger partial charge on any atom is -0.504 e. The normalized spacial score (nSPS) is 11.1. The number of esters is 1. The van der Waals surface area contributed by atoms with Crippen LogP contribution in [0.25, 0.3) is 57.5 Å². The van der Waals surface area contributed by atoms with Gasteiger partial charge in [-0.2, -0.15) is 0 Å². The average Bonchev–Trinajstić information content (AvgIpc) is 3.26. The standard InChI is InChI=1S/C25H20N2O4.C23H17ClN2O3/c1-17(28)31-24-18(9-8-14-22(24)30-2)15-16-23-26-21-13-7-6-12-20(21)25(29)27(23)19-10-4-3-5-11-19;1-29-20-8-4-5-15(22(20)27)9-14-21-25-19-7-3-2-6-18(19)23(28)26(21)17-12-10-16(24)11-13-17/h3-16H,1-2H3;2-14,27H,1H3/b16-15+;14-9+. The minimum absolute atomic E-state index is 0.0208. The molecule has 298 valence electrons. The summed E-state index contributed by atoms with van der Waals surface area (Å²) >= 11 is 6.00. The molecule has 0 aliphatic heterocycles. The quantitative estimate of drug-likeness (QED) is 0.112. The lowest BCUT2D eigenvalue weighted by Crippen LogP contribution is -2.22. The number of para-hydroxylation sites is 5. The number of phenols is 1. The lowest BCUT2D eigenvalue weighted by Gasteiger charge is -2.12. The van der Waals surface area contributed by atoms with Crippen molar-refractivity contribution in [3.05, 3.63) is 188 Å². The zero-order valence-electron chi connectivity index (χ0n) is 32.7. The molecule has 0 amide bonds. The van der Waals surface area contributed by atoms with Crippen LogP contribution in [0.3, 0.4) is 0 Å². The number of ether oxygens (including phenoxy) is 3. The van der Waals surface area contributed by atoms with E-state index < -0.39 is 5.97 Å². The van der Waals surface area contributed by atoms with Crippen LogP contribution in [-0.4, -0.2) is 44.4 Å². The molecule has 0 saturated heterocycles. The number of nitrogens with zero attached hydrogens (tertiary/aromatic N) is 4. The van der Waals surface area contributed by atoms with E-state index in [1.54, 1.807) is 120 Å². The molecule has 0 aliphatic carbocycles. The molecule has 2 heterocycles. The van der Waals surface area contributed by atoms with Crippen LogP contribution in [0.5, 0.6) is 23.0 Å². The monoisotopic (exact) mass is 816 g/mol. The van der Waals surface area contributed by atoms with Crippen LogP contribution in [0.1, 0.15) is 29.7 Å². The molecule has 8 aromatic rings. The van der Waals surface area contributed by atoms with Crippen LogP contribution in [0.2, 0.25) is 5.02 Å². The molecule has 1 N–H and O–H groups in total. The molecular formula is C48H37ClN4O7. The average molecular weight is 817 g/mol. The molecule has 0 atom stereocenters. The fourth-order valence-electron chi connectivity index (χ4n) is 6.43. The topological polar surface area (TPSA) is 135 Å². The van der Waals surface area contributed by atoms with Gasteiger partial charge in [0, 0.05) is 23.1 Å². The number of phenolic OH excluding ortho intramolecular Hbond substituents is 1. The first-order chi connectivity index (χ1) is 29.2. The first-order valence-electron chi connectivity index (χ1n) is 18.6. The van der Waals surface area contributed by atoms with Gasteiger partial charge in [0.15, 0.2) is 23.0 Å². The predicted molar refractivity (Wildman–Crippen MR) is 237 cm³/mol. The molecule has 6 aromatic carbocycles. The number of methoxy groups -OCH3 is 2. The molecule has 11 nitrogen and oxygen atoms in total. The Morgan fingerprint density at radius 1 is 0.583 bits per heavy atom. The van der Waals surface area contributed by atoms with E-state index in [9.17, 15) is 19.5 Å². The van der Waals surface area contributed by atoms with E-state index in [1.165, 1.54) is 25.7 Å². The Labute approximate surface area is 349 Å². The van der Waals surface area contributed by atoms with E-state index in [0.717, 1.165) is 0 Å². The van der Waals surface area contributed by atoms with Gasteiger partial charge in [0.25, 0.3) is 11.1 Å². The summed E-state index contributed by atoms with van der Waals surface area (Å²) < 4.78 is 18.9. The highest BCUT2D eigenvalue weighted by Crippen LogP contribution is 2.33. The molecule has 12 heteroatoms. The molecule has 60 heavy (non-hydrogen) atoms. The van der Waals surface area contributed by atoms with Gasteiger partial charge in [0.1, 0.15) is 11.6 Å². The summed E-state index contributed by atoms with van der Waals surface area (Å²) in [5.41, 5.74) is 3.37. The van der Waals surface area contributed by atoms with Crippen molar-refractivity contribution in [2.24, 2.45) is 0 Å². The third kappa shape index (κ3) is 8.71. The van der Waals surface area contributed by atoms with Crippen molar-refractivity contribution in [3.63, 3.8) is 0 Å². The highest BCUT2D eigenvalue weighted by Gasteiger charge is 2.15. The van der Waals surface area contributed by atoms with Crippen LogP contribution in [0.4, 0.5) is 0 Å². The second-order valence-corrected chi connectivity index (χ2v) is 13.5. The van der Waals surface area contributed by atoms with E-state index in [0.29, 0.717) is 78.2 Å². The van der Waals surface area contributed by atoms with E-state index in [-0.39, 0.29) is 16.9 Å². The van der Waals surface area contributed by atoms with Gasteiger partial charge in [0.05, 0.1) is 47.4 Å². The molecule has 0 spiro atoms. The van der Waals surface area contributed by atoms with Gasteiger partial charge < -0.3 is 19.3 Å². The lowest BCUT2D eigenvalue weighted by atomic mass is 10.1. The van der Waals surface area contributed by atoms with Gasteiger partial charge in [-0.1, -0.05) is 78.3 Å². The van der Waals surface area contributed by atoms with E-state index in [4.69, 9.17) is 30.8 Å². The summed E-state index contributed by atoms with van der Waals surface area (Å²) in [5.74, 6) is 1.56. The maximum absolute atomic E-state index is 13.3. The molecule has 0 fully saturated rings. The number of rotatable bonds is 9. The predicted octanol–water partition coefficient (Wildman–Crippen LogP) is 9.41. The molecule has 8 rings (SSSR count). The summed E-state index contributed by atoms with van der Waals surface area (Å²) in [6.07, 6.45) is 6.86. The maximum Gasteiger partial charge on any atom is 0.308 e. The largest absolute Gasteiger partial charge is 0.504 e. The minimum atomic E-state index is -0.454. The number of fused-ring (bicyclic) bond motifs is 2. The van der Waals surface area contributed by atoms with Crippen LogP contribution >= 0.6 is 11.6 Å². The molecule has 0 unspecified atom stereocenters.